The van der Waals surface area contributed by atoms with E-state index in [0.29, 0.717) is 10.9 Å². The number of para-hydroxylation sites is 1. The van der Waals surface area contributed by atoms with Gasteiger partial charge in [-0.25, -0.2) is 0 Å². The third-order valence-corrected chi connectivity index (χ3v) is 3.91. The number of hydrogen-bond donors (Lipinski definition) is 2. The number of hydrogen-bond acceptors (Lipinski definition) is 1. The van der Waals surface area contributed by atoms with Gasteiger partial charge in [-0.15, -0.1) is 0 Å². The molecular formula is C15H9BrN2O. The first-order valence-electron chi connectivity index (χ1n) is 5.96. The summed E-state index contributed by atoms with van der Waals surface area (Å²) < 4.78 is 0.904. The second kappa shape index (κ2) is 3.71. The fourth-order valence-corrected chi connectivity index (χ4v) is 2.89. The van der Waals surface area contributed by atoms with E-state index in [1.54, 1.807) is 0 Å². The molecule has 2 aromatic carbocycles. The van der Waals surface area contributed by atoms with Crippen molar-refractivity contribution < 1.29 is 0 Å². The standard InChI is InChI=1S/C15H9BrN2O/c16-8-5-6-12-10(7-8)15(19)14-13(17-12)9-3-1-2-4-11(9)18-14/h1-7,18H,(H,17,19). The van der Waals surface area contributed by atoms with Crippen LogP contribution < -0.4 is 5.43 Å². The van der Waals surface area contributed by atoms with Crippen molar-refractivity contribution in [3.63, 3.8) is 0 Å². The van der Waals surface area contributed by atoms with Crippen molar-refractivity contribution in [1.29, 1.82) is 0 Å². The average Bonchev–Trinajstić information content (AvgIpc) is 2.79. The molecule has 0 aliphatic rings. The van der Waals surface area contributed by atoms with Crippen LogP contribution in [0.5, 0.6) is 0 Å². The van der Waals surface area contributed by atoms with E-state index < -0.39 is 0 Å². The minimum Gasteiger partial charge on any atom is -0.353 e. The van der Waals surface area contributed by atoms with Gasteiger partial charge in [0.05, 0.1) is 5.52 Å². The van der Waals surface area contributed by atoms with Crippen molar-refractivity contribution in [2.75, 3.05) is 0 Å². The molecule has 19 heavy (non-hydrogen) atoms. The number of halogens is 1. The fourth-order valence-electron chi connectivity index (χ4n) is 2.52. The van der Waals surface area contributed by atoms with Crippen molar-refractivity contribution >= 4 is 48.8 Å². The Kier molecular flexibility index (Phi) is 2.11. The summed E-state index contributed by atoms with van der Waals surface area (Å²) in [6.07, 6.45) is 0. The molecule has 0 amide bonds. The van der Waals surface area contributed by atoms with Gasteiger partial charge >= 0.3 is 0 Å². The summed E-state index contributed by atoms with van der Waals surface area (Å²) in [6.45, 7) is 0. The lowest BCUT2D eigenvalue weighted by Crippen LogP contribution is -2.03. The van der Waals surface area contributed by atoms with Crippen LogP contribution in [0.4, 0.5) is 0 Å². The van der Waals surface area contributed by atoms with Gasteiger partial charge in [0.1, 0.15) is 5.52 Å². The molecule has 0 spiro atoms. The quantitative estimate of drug-likeness (QED) is 0.508. The molecule has 0 aliphatic carbocycles. The van der Waals surface area contributed by atoms with E-state index in [1.165, 1.54) is 0 Å². The number of aromatic nitrogens is 2. The number of fused-ring (bicyclic) bond motifs is 4. The maximum atomic E-state index is 12.5. The van der Waals surface area contributed by atoms with Crippen LogP contribution in [-0.4, -0.2) is 9.97 Å². The van der Waals surface area contributed by atoms with Crippen molar-refractivity contribution in [3.05, 3.63) is 57.2 Å². The van der Waals surface area contributed by atoms with E-state index in [2.05, 4.69) is 25.9 Å². The summed E-state index contributed by atoms with van der Waals surface area (Å²) >= 11 is 3.40. The summed E-state index contributed by atoms with van der Waals surface area (Å²) in [5, 5.41) is 1.73. The highest BCUT2D eigenvalue weighted by molar-refractivity contribution is 9.10. The van der Waals surface area contributed by atoms with Crippen LogP contribution in [0.15, 0.2) is 51.7 Å². The van der Waals surface area contributed by atoms with Crippen LogP contribution in [0.3, 0.4) is 0 Å². The van der Waals surface area contributed by atoms with Crippen LogP contribution in [0.1, 0.15) is 0 Å². The highest BCUT2D eigenvalue weighted by atomic mass is 79.9. The molecule has 0 saturated carbocycles. The number of rotatable bonds is 0. The fraction of sp³-hybridized carbons (Fsp3) is 0. The molecule has 4 rings (SSSR count). The molecule has 3 nitrogen and oxygen atoms in total. The van der Waals surface area contributed by atoms with Gasteiger partial charge in [-0.3, -0.25) is 4.79 Å². The lowest BCUT2D eigenvalue weighted by atomic mass is 10.1. The van der Waals surface area contributed by atoms with E-state index in [0.717, 1.165) is 26.4 Å². The highest BCUT2D eigenvalue weighted by Crippen LogP contribution is 2.24. The first-order chi connectivity index (χ1) is 9.24. The molecule has 0 saturated heterocycles. The lowest BCUT2D eigenvalue weighted by molar-refractivity contribution is 1.46. The summed E-state index contributed by atoms with van der Waals surface area (Å²) in [5.74, 6) is 0. The Hall–Kier alpha value is -2.07. The van der Waals surface area contributed by atoms with Crippen molar-refractivity contribution in [1.82, 2.24) is 9.97 Å². The summed E-state index contributed by atoms with van der Waals surface area (Å²) in [4.78, 5) is 19.1. The molecule has 0 atom stereocenters. The van der Waals surface area contributed by atoms with Gasteiger partial charge in [-0.05, 0) is 24.3 Å². The minimum absolute atomic E-state index is 0.0289. The zero-order chi connectivity index (χ0) is 13.0. The zero-order valence-electron chi connectivity index (χ0n) is 9.83. The van der Waals surface area contributed by atoms with E-state index in [4.69, 9.17) is 0 Å². The van der Waals surface area contributed by atoms with Gasteiger partial charge in [0.15, 0.2) is 0 Å². The molecule has 2 aromatic heterocycles. The predicted molar refractivity (Wildman–Crippen MR) is 81.6 cm³/mol. The number of H-pyrrole nitrogens is 2. The molecule has 4 aromatic rings. The van der Waals surface area contributed by atoms with E-state index >= 15 is 0 Å². The Bertz CT molecular complexity index is 997. The number of pyridine rings is 1. The third kappa shape index (κ3) is 1.47. The van der Waals surface area contributed by atoms with Crippen LogP contribution in [-0.2, 0) is 0 Å². The first kappa shape index (κ1) is 10.8. The van der Waals surface area contributed by atoms with Gasteiger partial charge in [0.2, 0.25) is 5.43 Å². The van der Waals surface area contributed by atoms with Gasteiger partial charge in [0, 0.05) is 26.3 Å². The molecule has 0 bridgehead atoms. The second-order valence-corrected chi connectivity index (χ2v) is 5.48. The Morgan fingerprint density at radius 2 is 1.58 bits per heavy atom. The first-order valence-corrected chi connectivity index (χ1v) is 6.75. The number of nitrogens with one attached hydrogen (secondary N) is 2. The molecular weight excluding hydrogens is 304 g/mol. The Morgan fingerprint density at radius 3 is 2.47 bits per heavy atom. The SMILES string of the molecule is O=c1c2cc(Br)ccc2[nH]c2c1[nH]c1ccccc12. The predicted octanol–water partition coefficient (Wildman–Crippen LogP) is 3.93. The normalized spacial score (nSPS) is 11.6. The minimum atomic E-state index is 0.0289. The molecule has 0 fully saturated rings. The smallest absolute Gasteiger partial charge is 0.213 e. The third-order valence-electron chi connectivity index (χ3n) is 3.42. The summed E-state index contributed by atoms with van der Waals surface area (Å²) in [6, 6.07) is 13.6. The van der Waals surface area contributed by atoms with Gasteiger partial charge in [0.25, 0.3) is 0 Å². The summed E-state index contributed by atoms with van der Waals surface area (Å²) in [5.41, 5.74) is 3.36. The Labute approximate surface area is 116 Å². The van der Waals surface area contributed by atoms with Crippen molar-refractivity contribution in [2.45, 2.75) is 0 Å². The van der Waals surface area contributed by atoms with E-state index in [9.17, 15) is 4.79 Å². The van der Waals surface area contributed by atoms with Gasteiger partial charge in [-0.2, -0.15) is 0 Å². The lowest BCUT2D eigenvalue weighted by Gasteiger charge is -2.00. The Balaban J connectivity index is 2.33. The molecule has 0 radical (unpaired) electrons. The molecule has 92 valence electrons. The maximum Gasteiger partial charge on any atom is 0.213 e. The number of aromatic amines is 2. The zero-order valence-corrected chi connectivity index (χ0v) is 11.4. The Morgan fingerprint density at radius 1 is 0.842 bits per heavy atom. The van der Waals surface area contributed by atoms with Gasteiger partial charge in [-0.1, -0.05) is 34.1 Å². The average molecular weight is 313 g/mol. The summed E-state index contributed by atoms with van der Waals surface area (Å²) in [7, 11) is 0. The van der Waals surface area contributed by atoms with E-state index in [-0.39, 0.29) is 5.43 Å². The largest absolute Gasteiger partial charge is 0.353 e. The molecule has 0 aliphatic heterocycles. The van der Waals surface area contributed by atoms with Crippen molar-refractivity contribution in [3.8, 4) is 0 Å². The maximum absolute atomic E-state index is 12.5. The molecule has 0 unspecified atom stereocenters. The van der Waals surface area contributed by atoms with E-state index in [1.807, 2.05) is 42.5 Å². The van der Waals surface area contributed by atoms with Gasteiger partial charge < -0.3 is 9.97 Å². The van der Waals surface area contributed by atoms with Crippen LogP contribution in [0.25, 0.3) is 32.8 Å². The molecule has 2 N–H and O–H groups in total. The van der Waals surface area contributed by atoms with Crippen LogP contribution >= 0.6 is 15.9 Å². The monoisotopic (exact) mass is 312 g/mol. The van der Waals surface area contributed by atoms with Crippen LogP contribution in [0.2, 0.25) is 0 Å². The molecule has 2 heterocycles. The van der Waals surface area contributed by atoms with Crippen LogP contribution in [0, 0.1) is 0 Å². The highest BCUT2D eigenvalue weighted by Gasteiger charge is 2.10. The van der Waals surface area contributed by atoms with Crippen molar-refractivity contribution in [2.24, 2.45) is 0 Å². The topological polar surface area (TPSA) is 48.6 Å². The second-order valence-electron chi connectivity index (χ2n) is 4.56. The number of benzene rings is 2. The molecule has 4 heteroatoms.